The summed E-state index contributed by atoms with van der Waals surface area (Å²) in [5, 5.41) is 0.485. The minimum atomic E-state index is -0.169. The molecule has 164 valence electrons. The van der Waals surface area contributed by atoms with Gasteiger partial charge in [0.1, 0.15) is 17.3 Å². The van der Waals surface area contributed by atoms with Gasteiger partial charge >= 0.3 is 0 Å². The maximum absolute atomic E-state index is 12.5. The zero-order chi connectivity index (χ0) is 22.8. The second-order valence-electron chi connectivity index (χ2n) is 7.74. The van der Waals surface area contributed by atoms with Crippen LogP contribution in [0.2, 0.25) is 5.02 Å². The van der Waals surface area contributed by atoms with Gasteiger partial charge in [0, 0.05) is 24.5 Å². The third-order valence-electron chi connectivity index (χ3n) is 5.69. The fraction of sp³-hybridized carbons (Fsp3) is 0.192. The number of benzene rings is 2. The number of hydrogen-bond acceptors (Lipinski definition) is 4. The predicted octanol–water partition coefficient (Wildman–Crippen LogP) is 5.53. The van der Waals surface area contributed by atoms with Crippen molar-refractivity contribution in [1.29, 1.82) is 0 Å². The van der Waals surface area contributed by atoms with E-state index in [4.69, 9.17) is 21.3 Å². The maximum Gasteiger partial charge on any atom is 0.299 e. The molecule has 2 aromatic carbocycles. The molecule has 0 spiro atoms. The molecule has 4 aromatic rings. The molecule has 0 saturated carbocycles. The van der Waals surface area contributed by atoms with Crippen molar-refractivity contribution in [2.24, 2.45) is 0 Å². The molecule has 1 amide bonds. The number of carbonyl (C=O) groups excluding carboxylic acids is 1. The summed E-state index contributed by atoms with van der Waals surface area (Å²) in [5.74, 6) is 7.29. The van der Waals surface area contributed by atoms with Crippen LogP contribution in [-0.4, -0.2) is 31.7 Å². The van der Waals surface area contributed by atoms with Crippen molar-refractivity contribution in [3.63, 3.8) is 0 Å². The smallest absolute Gasteiger partial charge is 0.299 e. The first kappa shape index (κ1) is 21.0. The van der Waals surface area contributed by atoms with Crippen LogP contribution in [0.3, 0.4) is 0 Å². The molecule has 0 radical (unpaired) electrons. The summed E-state index contributed by atoms with van der Waals surface area (Å²) in [4.78, 5) is 23.6. The summed E-state index contributed by atoms with van der Waals surface area (Å²) < 4.78 is 7.91. The first-order valence-corrected chi connectivity index (χ1v) is 11.1. The van der Waals surface area contributed by atoms with Crippen molar-refractivity contribution in [3.05, 3.63) is 78.0 Å². The molecule has 2 aromatic heterocycles. The molecule has 6 nitrogen and oxygen atoms in total. The Balaban J connectivity index is 1.54. The van der Waals surface area contributed by atoms with E-state index in [1.165, 1.54) is 0 Å². The number of para-hydroxylation sites is 1. The quantitative estimate of drug-likeness (QED) is 0.379. The lowest BCUT2D eigenvalue weighted by molar-refractivity contribution is -0.126. The Hall–Kier alpha value is -3.82. The number of ether oxygens (including phenoxy) is 1. The van der Waals surface area contributed by atoms with Crippen LogP contribution in [-0.2, 0) is 4.79 Å². The molecule has 1 aliphatic heterocycles. The van der Waals surface area contributed by atoms with Gasteiger partial charge in [-0.25, -0.2) is 4.98 Å². The molecule has 1 aliphatic rings. The minimum Gasteiger partial charge on any atom is -0.456 e. The molecule has 0 aliphatic carbocycles. The summed E-state index contributed by atoms with van der Waals surface area (Å²) >= 11 is 6.57. The molecule has 7 heteroatoms. The molecule has 33 heavy (non-hydrogen) atoms. The molecular formula is C26H21ClN4O2. The summed E-state index contributed by atoms with van der Waals surface area (Å²) in [5.41, 5.74) is 2.45. The molecule has 1 fully saturated rings. The molecule has 1 atom stereocenters. The Kier molecular flexibility index (Phi) is 5.72. The summed E-state index contributed by atoms with van der Waals surface area (Å²) in [6, 6.07) is 15.0. The van der Waals surface area contributed by atoms with Gasteiger partial charge in [-0.15, -0.1) is 0 Å². The lowest BCUT2D eigenvalue weighted by Gasteiger charge is -2.21. The predicted molar refractivity (Wildman–Crippen MR) is 127 cm³/mol. The van der Waals surface area contributed by atoms with Crippen molar-refractivity contribution >= 4 is 23.0 Å². The summed E-state index contributed by atoms with van der Waals surface area (Å²) in [7, 11) is 0. The van der Waals surface area contributed by atoms with Gasteiger partial charge in [0.2, 0.25) is 0 Å². The number of aromatic nitrogens is 3. The zero-order valence-corrected chi connectivity index (χ0v) is 18.8. The van der Waals surface area contributed by atoms with Crippen LogP contribution in [0.4, 0.5) is 0 Å². The number of likely N-dealkylation sites (tertiary alicyclic amines) is 1. The van der Waals surface area contributed by atoms with Gasteiger partial charge in [-0.05, 0) is 56.0 Å². The number of amides is 1. The van der Waals surface area contributed by atoms with Crippen LogP contribution in [0.15, 0.2) is 67.1 Å². The van der Waals surface area contributed by atoms with Gasteiger partial charge in [0.05, 0.1) is 28.5 Å². The fourth-order valence-corrected chi connectivity index (χ4v) is 4.43. The fourth-order valence-electron chi connectivity index (χ4n) is 4.21. The van der Waals surface area contributed by atoms with Crippen molar-refractivity contribution in [3.8, 4) is 34.6 Å². The van der Waals surface area contributed by atoms with E-state index in [9.17, 15) is 4.79 Å². The minimum absolute atomic E-state index is 0.141. The summed E-state index contributed by atoms with van der Waals surface area (Å²) in [6.45, 7) is 2.34. The van der Waals surface area contributed by atoms with E-state index >= 15 is 0 Å². The topological polar surface area (TPSA) is 59.7 Å². The Labute approximate surface area is 196 Å². The highest BCUT2D eigenvalue weighted by atomic mass is 35.5. The summed E-state index contributed by atoms with van der Waals surface area (Å²) in [6.07, 6.45) is 7.12. The van der Waals surface area contributed by atoms with E-state index in [0.717, 1.165) is 35.4 Å². The normalized spacial score (nSPS) is 15.3. The molecule has 3 heterocycles. The second kappa shape index (κ2) is 8.97. The van der Waals surface area contributed by atoms with Crippen LogP contribution in [0.5, 0.6) is 11.5 Å². The third-order valence-corrected chi connectivity index (χ3v) is 5.99. The van der Waals surface area contributed by atoms with Crippen molar-refractivity contribution in [2.75, 3.05) is 6.54 Å². The van der Waals surface area contributed by atoms with E-state index in [2.05, 4.69) is 16.8 Å². The van der Waals surface area contributed by atoms with Crippen LogP contribution < -0.4 is 4.74 Å². The van der Waals surface area contributed by atoms with E-state index in [1.807, 2.05) is 59.1 Å². The van der Waals surface area contributed by atoms with Gasteiger partial charge in [-0.1, -0.05) is 35.7 Å². The highest BCUT2D eigenvalue weighted by Crippen LogP contribution is 2.37. The Morgan fingerprint density at radius 3 is 2.85 bits per heavy atom. The largest absolute Gasteiger partial charge is 0.456 e. The highest BCUT2D eigenvalue weighted by molar-refractivity contribution is 6.32. The average molecular weight is 457 g/mol. The Morgan fingerprint density at radius 2 is 2.06 bits per heavy atom. The van der Waals surface area contributed by atoms with Crippen LogP contribution in [0.25, 0.3) is 16.8 Å². The lowest BCUT2D eigenvalue weighted by Crippen LogP contribution is -2.30. The number of halogens is 1. The molecule has 1 unspecified atom stereocenters. The van der Waals surface area contributed by atoms with Gasteiger partial charge in [-0.3, -0.25) is 14.2 Å². The standard InChI is InChI=1S/C26H21ClN4O2/c1-2-7-24(32)30-14-6-10-21(30)26-29-25(22-17-28-13-15-31(22)26)18-11-12-23(20(27)16-18)33-19-8-4-3-5-9-19/h3-5,8-9,11-13,15-17,21H,6,10,14H2,1H3. The van der Waals surface area contributed by atoms with Crippen LogP contribution in [0, 0.1) is 11.8 Å². The zero-order valence-electron chi connectivity index (χ0n) is 18.0. The monoisotopic (exact) mass is 456 g/mol. The molecular weight excluding hydrogens is 436 g/mol. The van der Waals surface area contributed by atoms with Gasteiger partial charge < -0.3 is 9.64 Å². The number of hydrogen-bond donors (Lipinski definition) is 0. The first-order valence-electron chi connectivity index (χ1n) is 10.7. The number of carbonyl (C=O) groups is 1. The molecule has 0 bridgehead atoms. The molecule has 0 N–H and O–H groups in total. The van der Waals surface area contributed by atoms with Crippen molar-refractivity contribution in [1.82, 2.24) is 19.3 Å². The van der Waals surface area contributed by atoms with Crippen molar-refractivity contribution < 1.29 is 9.53 Å². The molecule has 5 rings (SSSR count). The van der Waals surface area contributed by atoms with Gasteiger partial charge in [0.15, 0.2) is 0 Å². The lowest BCUT2D eigenvalue weighted by atomic mass is 10.1. The van der Waals surface area contributed by atoms with Gasteiger partial charge in [0.25, 0.3) is 5.91 Å². The number of imidazole rings is 1. The van der Waals surface area contributed by atoms with E-state index in [0.29, 0.717) is 23.1 Å². The van der Waals surface area contributed by atoms with E-state index in [-0.39, 0.29) is 11.9 Å². The Morgan fingerprint density at radius 1 is 1.21 bits per heavy atom. The van der Waals surface area contributed by atoms with E-state index in [1.54, 1.807) is 24.2 Å². The first-order chi connectivity index (χ1) is 16.2. The van der Waals surface area contributed by atoms with E-state index < -0.39 is 0 Å². The third kappa shape index (κ3) is 4.04. The maximum atomic E-state index is 12.5. The number of fused-ring (bicyclic) bond motifs is 1. The van der Waals surface area contributed by atoms with Crippen LogP contribution >= 0.6 is 11.6 Å². The van der Waals surface area contributed by atoms with Crippen molar-refractivity contribution in [2.45, 2.75) is 25.8 Å². The number of nitrogens with zero attached hydrogens (tertiary/aromatic N) is 4. The number of rotatable bonds is 4. The Bertz CT molecular complexity index is 1390. The average Bonchev–Trinajstić information content (AvgIpc) is 3.46. The second-order valence-corrected chi connectivity index (χ2v) is 8.15. The highest BCUT2D eigenvalue weighted by Gasteiger charge is 2.33. The van der Waals surface area contributed by atoms with Crippen LogP contribution in [0.1, 0.15) is 31.6 Å². The molecule has 1 saturated heterocycles. The van der Waals surface area contributed by atoms with Gasteiger partial charge in [-0.2, -0.15) is 0 Å². The SMILES string of the molecule is CC#CC(=O)N1CCCC1c1nc(-c2ccc(Oc3ccccc3)c(Cl)c2)c2cnccn12.